The van der Waals surface area contributed by atoms with E-state index in [0.29, 0.717) is 25.7 Å². The lowest BCUT2D eigenvalue weighted by Gasteiger charge is -2.65. The Morgan fingerprint density at radius 2 is 1.84 bits per heavy atom. The van der Waals surface area contributed by atoms with Crippen molar-refractivity contribution in [2.75, 3.05) is 0 Å². The number of Topliss-reactive ketones (excluding diaryl/α,β-unsaturated/α-hetero) is 1. The van der Waals surface area contributed by atoms with Crippen LogP contribution in [-0.2, 0) is 4.79 Å². The van der Waals surface area contributed by atoms with E-state index in [1.165, 1.54) is 5.57 Å². The number of ketones is 1. The SMILES string of the molecule is CC(=O)[C@H]1CC[C@]2(O)[C@@]3(O)CC=C4C[C@@H](O)CC[C@]4(C)[C@@H]3CC[C@]12C. The number of carbonyl (C=O) groups excluding carboxylic acids is 1. The van der Waals surface area contributed by atoms with Crippen LogP contribution in [0.3, 0.4) is 0 Å². The molecule has 0 saturated heterocycles. The highest BCUT2D eigenvalue weighted by atomic mass is 16.4. The summed E-state index contributed by atoms with van der Waals surface area (Å²) in [5.74, 6) is -0.0235. The molecule has 4 aliphatic rings. The number of carbonyl (C=O) groups is 1. The molecule has 4 rings (SSSR count). The van der Waals surface area contributed by atoms with E-state index in [1.54, 1.807) is 6.92 Å². The van der Waals surface area contributed by atoms with Crippen LogP contribution in [0.2, 0.25) is 0 Å². The molecule has 3 N–H and O–H groups in total. The Labute approximate surface area is 150 Å². The number of aliphatic hydroxyl groups excluding tert-OH is 1. The van der Waals surface area contributed by atoms with Crippen molar-refractivity contribution in [3.8, 4) is 0 Å². The van der Waals surface area contributed by atoms with Crippen LogP contribution in [0, 0.1) is 22.7 Å². The molecule has 4 aliphatic carbocycles. The smallest absolute Gasteiger partial charge is 0.133 e. The molecule has 3 saturated carbocycles. The van der Waals surface area contributed by atoms with E-state index in [-0.39, 0.29) is 29.1 Å². The average Bonchev–Trinajstić information content (AvgIpc) is 2.82. The second-order valence-corrected chi connectivity index (χ2v) is 9.74. The average molecular weight is 348 g/mol. The second kappa shape index (κ2) is 5.17. The highest BCUT2D eigenvalue weighted by molar-refractivity contribution is 5.80. The van der Waals surface area contributed by atoms with Gasteiger partial charge in [0.1, 0.15) is 11.4 Å². The largest absolute Gasteiger partial charge is 0.393 e. The number of fused-ring (bicyclic) bond motifs is 5. The standard InChI is InChI=1S/C21H32O4/c1-13(22)16-6-11-21(25)19(16,3)9-7-17-18(2)8-5-15(23)12-14(18)4-10-20(17,21)24/h4,15-17,23-25H,5-12H2,1-3H3/t15-,16+,17-,18-,19+,20+,21+/m0/s1. The van der Waals surface area contributed by atoms with Crippen molar-refractivity contribution in [1.29, 1.82) is 0 Å². The maximum absolute atomic E-state index is 12.2. The number of aliphatic hydroxyl groups is 3. The second-order valence-electron chi connectivity index (χ2n) is 9.74. The van der Waals surface area contributed by atoms with E-state index in [4.69, 9.17) is 0 Å². The van der Waals surface area contributed by atoms with Crippen LogP contribution in [0.4, 0.5) is 0 Å². The van der Waals surface area contributed by atoms with E-state index in [0.717, 1.165) is 25.7 Å². The number of rotatable bonds is 1. The van der Waals surface area contributed by atoms with Gasteiger partial charge in [-0.25, -0.2) is 0 Å². The van der Waals surface area contributed by atoms with Crippen LogP contribution in [-0.4, -0.2) is 38.4 Å². The van der Waals surface area contributed by atoms with Crippen LogP contribution in [0.5, 0.6) is 0 Å². The summed E-state index contributed by atoms with van der Waals surface area (Å²) in [4.78, 5) is 12.2. The molecule has 0 heterocycles. The minimum Gasteiger partial charge on any atom is -0.393 e. The molecule has 0 aromatic heterocycles. The number of hydrogen-bond acceptors (Lipinski definition) is 4. The first kappa shape index (κ1) is 17.7. The van der Waals surface area contributed by atoms with Gasteiger partial charge in [0.05, 0.1) is 11.7 Å². The predicted octanol–water partition coefficient (Wildman–Crippen LogP) is 2.75. The molecule has 0 amide bonds. The van der Waals surface area contributed by atoms with Crippen LogP contribution in [0.1, 0.15) is 72.1 Å². The summed E-state index contributed by atoms with van der Waals surface area (Å²) in [7, 11) is 0. The van der Waals surface area contributed by atoms with Gasteiger partial charge in [0.25, 0.3) is 0 Å². The van der Waals surface area contributed by atoms with Crippen LogP contribution < -0.4 is 0 Å². The first-order valence-corrected chi connectivity index (χ1v) is 9.91. The summed E-state index contributed by atoms with van der Waals surface area (Å²) in [6, 6.07) is 0. The topological polar surface area (TPSA) is 77.8 Å². The molecule has 4 nitrogen and oxygen atoms in total. The Kier molecular flexibility index (Phi) is 3.66. The van der Waals surface area contributed by atoms with Crippen molar-refractivity contribution in [3.63, 3.8) is 0 Å². The third-order valence-corrected chi connectivity index (χ3v) is 8.86. The Morgan fingerprint density at radius 3 is 2.52 bits per heavy atom. The van der Waals surface area contributed by atoms with Crippen molar-refractivity contribution in [1.82, 2.24) is 0 Å². The summed E-state index contributed by atoms with van der Waals surface area (Å²) in [6.45, 7) is 5.86. The first-order chi connectivity index (χ1) is 11.6. The predicted molar refractivity (Wildman–Crippen MR) is 94.8 cm³/mol. The zero-order chi connectivity index (χ0) is 18.3. The van der Waals surface area contributed by atoms with Crippen molar-refractivity contribution < 1.29 is 20.1 Å². The number of hydrogen-bond donors (Lipinski definition) is 3. The Hall–Kier alpha value is -0.710. The van der Waals surface area contributed by atoms with Gasteiger partial charge >= 0.3 is 0 Å². The van der Waals surface area contributed by atoms with Crippen LogP contribution >= 0.6 is 0 Å². The molecule has 0 unspecified atom stereocenters. The highest BCUT2D eigenvalue weighted by Gasteiger charge is 2.73. The van der Waals surface area contributed by atoms with Crippen molar-refractivity contribution in [2.45, 2.75) is 89.4 Å². The lowest BCUT2D eigenvalue weighted by molar-refractivity contribution is -0.271. The van der Waals surface area contributed by atoms with Gasteiger partial charge in [-0.3, -0.25) is 4.79 Å². The Bertz CT molecular complexity index is 642. The molecule has 3 fully saturated rings. The molecular formula is C21H32O4. The molecule has 0 radical (unpaired) electrons. The van der Waals surface area contributed by atoms with Gasteiger partial charge in [-0.2, -0.15) is 0 Å². The molecule has 25 heavy (non-hydrogen) atoms. The fraction of sp³-hybridized carbons (Fsp3) is 0.857. The minimum atomic E-state index is -1.21. The van der Waals surface area contributed by atoms with Gasteiger partial charge in [0.2, 0.25) is 0 Å². The van der Waals surface area contributed by atoms with Crippen LogP contribution in [0.25, 0.3) is 0 Å². The molecule has 0 aromatic carbocycles. The lowest BCUT2D eigenvalue weighted by Crippen LogP contribution is -2.71. The summed E-state index contributed by atoms with van der Waals surface area (Å²) < 4.78 is 0. The minimum absolute atomic E-state index is 0.00344. The fourth-order valence-corrected chi connectivity index (χ4v) is 7.33. The quantitative estimate of drug-likeness (QED) is 0.637. The van der Waals surface area contributed by atoms with Crippen molar-refractivity contribution >= 4 is 5.78 Å². The summed E-state index contributed by atoms with van der Waals surface area (Å²) in [5, 5.41) is 33.8. The van der Waals surface area contributed by atoms with Gasteiger partial charge in [0.15, 0.2) is 0 Å². The van der Waals surface area contributed by atoms with Gasteiger partial charge in [-0.15, -0.1) is 0 Å². The van der Waals surface area contributed by atoms with Gasteiger partial charge in [-0.05, 0) is 69.6 Å². The van der Waals surface area contributed by atoms with Crippen molar-refractivity contribution in [3.05, 3.63) is 11.6 Å². The van der Waals surface area contributed by atoms with E-state index in [1.807, 2.05) is 6.92 Å². The van der Waals surface area contributed by atoms with Crippen molar-refractivity contribution in [2.24, 2.45) is 22.7 Å². The molecule has 0 spiro atoms. The van der Waals surface area contributed by atoms with E-state index < -0.39 is 16.6 Å². The highest BCUT2D eigenvalue weighted by Crippen LogP contribution is 2.69. The lowest BCUT2D eigenvalue weighted by atomic mass is 9.43. The normalized spacial score (nSPS) is 55.0. The van der Waals surface area contributed by atoms with Gasteiger partial charge in [0, 0.05) is 11.3 Å². The zero-order valence-electron chi connectivity index (χ0n) is 15.7. The summed E-state index contributed by atoms with van der Waals surface area (Å²) >= 11 is 0. The molecule has 0 aromatic rings. The van der Waals surface area contributed by atoms with E-state index >= 15 is 0 Å². The Balaban J connectivity index is 1.79. The summed E-state index contributed by atoms with van der Waals surface area (Å²) in [5.41, 5.74) is -1.82. The molecule has 7 atom stereocenters. The molecule has 140 valence electrons. The van der Waals surface area contributed by atoms with E-state index in [9.17, 15) is 20.1 Å². The summed E-state index contributed by atoms with van der Waals surface area (Å²) in [6.07, 6.45) is 7.34. The Morgan fingerprint density at radius 1 is 1.12 bits per heavy atom. The molecule has 0 bridgehead atoms. The first-order valence-electron chi connectivity index (χ1n) is 9.91. The van der Waals surface area contributed by atoms with Gasteiger partial charge < -0.3 is 15.3 Å². The maximum Gasteiger partial charge on any atom is 0.133 e. The molecule has 0 aliphatic heterocycles. The van der Waals surface area contributed by atoms with E-state index in [2.05, 4.69) is 13.0 Å². The molecular weight excluding hydrogens is 316 g/mol. The zero-order valence-corrected chi connectivity index (χ0v) is 15.7. The molecule has 4 heteroatoms. The fourth-order valence-electron chi connectivity index (χ4n) is 7.33. The third kappa shape index (κ3) is 1.97. The van der Waals surface area contributed by atoms with Crippen LogP contribution in [0.15, 0.2) is 11.6 Å². The monoisotopic (exact) mass is 348 g/mol. The maximum atomic E-state index is 12.2. The third-order valence-electron chi connectivity index (χ3n) is 8.86. The van der Waals surface area contributed by atoms with Gasteiger partial charge in [-0.1, -0.05) is 25.5 Å².